The van der Waals surface area contributed by atoms with Crippen LogP contribution >= 0.6 is 22.9 Å². The van der Waals surface area contributed by atoms with Crippen LogP contribution in [0.15, 0.2) is 6.20 Å². The van der Waals surface area contributed by atoms with Crippen LogP contribution in [0.4, 0.5) is 13.2 Å². The lowest BCUT2D eigenvalue weighted by Gasteiger charge is -2.15. The summed E-state index contributed by atoms with van der Waals surface area (Å²) in [4.78, 5) is 15.7. The number of aromatic nitrogens is 3. The minimum Gasteiger partial charge on any atom is -0.287 e. The molecular weight excluding hydrogens is 311 g/mol. The van der Waals surface area contributed by atoms with Crippen molar-refractivity contribution in [2.45, 2.75) is 32.4 Å². The van der Waals surface area contributed by atoms with E-state index in [1.807, 2.05) is 20.8 Å². The summed E-state index contributed by atoms with van der Waals surface area (Å²) in [7, 11) is 0. The molecule has 2 aromatic heterocycles. The molecule has 20 heavy (non-hydrogen) atoms. The van der Waals surface area contributed by atoms with E-state index in [2.05, 4.69) is 14.6 Å². The largest absolute Gasteiger partial charge is 0.443 e. The molecule has 9 heteroatoms. The fraction of sp³-hybridized carbons (Fsp3) is 0.455. The Balaban J connectivity index is 2.38. The number of nitrogens with zero attached hydrogens (tertiary/aromatic N) is 3. The Labute approximate surface area is 120 Å². The van der Waals surface area contributed by atoms with Crippen molar-refractivity contribution < 1.29 is 18.0 Å². The van der Waals surface area contributed by atoms with Gasteiger partial charge in [-0.3, -0.25) is 4.79 Å². The number of hydrogen-bond donors (Lipinski definition) is 0. The highest BCUT2D eigenvalue weighted by molar-refractivity contribution is 7.15. The molecule has 0 saturated carbocycles. The number of rotatable bonds is 2. The SMILES string of the molecule is CC(C)(C)c1nnsc1C(=O)c1cnc(C(F)(F)F)s1. The molecule has 0 N–H and O–H groups in total. The monoisotopic (exact) mass is 321 g/mol. The van der Waals surface area contributed by atoms with Crippen molar-refractivity contribution in [2.24, 2.45) is 0 Å². The van der Waals surface area contributed by atoms with E-state index in [1.165, 1.54) is 0 Å². The summed E-state index contributed by atoms with van der Waals surface area (Å²) >= 11 is 1.21. The first kappa shape index (κ1) is 15.0. The highest BCUT2D eigenvalue weighted by Crippen LogP contribution is 2.34. The van der Waals surface area contributed by atoms with E-state index in [-0.39, 0.29) is 9.75 Å². The number of halogens is 3. The van der Waals surface area contributed by atoms with Crippen LogP contribution in [0, 0.1) is 0 Å². The Morgan fingerprint density at radius 1 is 1.25 bits per heavy atom. The summed E-state index contributed by atoms with van der Waals surface area (Å²) in [6, 6.07) is 0. The maximum absolute atomic E-state index is 12.5. The van der Waals surface area contributed by atoms with Crippen LogP contribution in [-0.2, 0) is 11.6 Å². The van der Waals surface area contributed by atoms with Gasteiger partial charge in [0.05, 0.1) is 10.6 Å². The Hall–Kier alpha value is -1.35. The van der Waals surface area contributed by atoms with Gasteiger partial charge in [0.1, 0.15) is 4.88 Å². The maximum atomic E-state index is 12.5. The molecule has 0 aliphatic carbocycles. The topological polar surface area (TPSA) is 55.7 Å². The van der Waals surface area contributed by atoms with E-state index in [0.717, 1.165) is 17.7 Å². The lowest BCUT2D eigenvalue weighted by atomic mass is 9.90. The number of carbonyl (C=O) groups is 1. The Morgan fingerprint density at radius 3 is 2.40 bits per heavy atom. The molecule has 0 atom stereocenters. The predicted molar refractivity (Wildman–Crippen MR) is 69.2 cm³/mol. The molecule has 0 fully saturated rings. The van der Waals surface area contributed by atoms with Gasteiger partial charge in [0.15, 0.2) is 5.01 Å². The molecule has 0 bridgehead atoms. The van der Waals surface area contributed by atoms with Crippen molar-refractivity contribution in [2.75, 3.05) is 0 Å². The molecule has 0 saturated heterocycles. The molecule has 0 unspecified atom stereocenters. The van der Waals surface area contributed by atoms with Crippen LogP contribution in [-0.4, -0.2) is 20.4 Å². The third-order valence-electron chi connectivity index (χ3n) is 2.38. The van der Waals surface area contributed by atoms with E-state index in [0.29, 0.717) is 17.0 Å². The van der Waals surface area contributed by atoms with Gasteiger partial charge in [0.25, 0.3) is 0 Å². The number of alkyl halides is 3. The van der Waals surface area contributed by atoms with Crippen LogP contribution in [0.1, 0.15) is 46.0 Å². The lowest BCUT2D eigenvalue weighted by molar-refractivity contribution is -0.137. The number of ketones is 1. The highest BCUT2D eigenvalue weighted by Gasteiger charge is 2.36. The zero-order valence-corrected chi connectivity index (χ0v) is 12.4. The summed E-state index contributed by atoms with van der Waals surface area (Å²) in [5, 5.41) is 2.87. The van der Waals surface area contributed by atoms with Crippen molar-refractivity contribution >= 4 is 28.7 Å². The minimum absolute atomic E-state index is 0.0612. The van der Waals surface area contributed by atoms with Gasteiger partial charge in [-0.1, -0.05) is 25.3 Å². The quantitative estimate of drug-likeness (QED) is 0.794. The maximum Gasteiger partial charge on any atom is 0.443 e. The van der Waals surface area contributed by atoms with E-state index >= 15 is 0 Å². The average Bonchev–Trinajstić information content (AvgIpc) is 2.95. The third-order valence-corrected chi connectivity index (χ3v) is 4.14. The van der Waals surface area contributed by atoms with Gasteiger partial charge in [-0.15, -0.1) is 16.4 Å². The lowest BCUT2D eigenvalue weighted by Crippen LogP contribution is -2.16. The van der Waals surface area contributed by atoms with Crippen LogP contribution in [0.25, 0.3) is 0 Å². The Morgan fingerprint density at radius 2 is 1.90 bits per heavy atom. The molecule has 0 aliphatic heterocycles. The molecular formula is C11H10F3N3OS2. The first-order chi connectivity index (χ1) is 9.10. The number of carbonyl (C=O) groups excluding carboxylic acids is 1. The number of hydrogen-bond acceptors (Lipinski definition) is 6. The average molecular weight is 321 g/mol. The molecule has 0 aliphatic rings. The zero-order chi connectivity index (χ0) is 15.1. The molecule has 0 spiro atoms. The molecule has 108 valence electrons. The van der Waals surface area contributed by atoms with Crippen molar-refractivity contribution in [3.8, 4) is 0 Å². The fourth-order valence-electron chi connectivity index (χ4n) is 1.45. The van der Waals surface area contributed by atoms with Crippen molar-refractivity contribution in [3.63, 3.8) is 0 Å². The fourth-order valence-corrected chi connectivity index (χ4v) is 3.08. The first-order valence-electron chi connectivity index (χ1n) is 5.51. The van der Waals surface area contributed by atoms with Gasteiger partial charge < -0.3 is 0 Å². The first-order valence-corrected chi connectivity index (χ1v) is 7.10. The standard InChI is InChI=1S/C11H10F3N3OS2/c1-10(2,3)8-7(20-17-16-8)6(18)5-4-15-9(19-5)11(12,13)14/h4H,1-3H3. The molecule has 2 rings (SSSR count). The molecule has 0 amide bonds. The third kappa shape index (κ3) is 2.88. The van der Waals surface area contributed by atoms with E-state index in [1.54, 1.807) is 0 Å². The van der Waals surface area contributed by atoms with Crippen molar-refractivity contribution in [1.29, 1.82) is 0 Å². The van der Waals surface area contributed by atoms with Gasteiger partial charge >= 0.3 is 6.18 Å². The molecule has 2 heterocycles. The van der Waals surface area contributed by atoms with Gasteiger partial charge in [0, 0.05) is 11.6 Å². The summed E-state index contributed by atoms with van der Waals surface area (Å²) in [5.74, 6) is -0.516. The van der Waals surface area contributed by atoms with Crippen LogP contribution < -0.4 is 0 Å². The van der Waals surface area contributed by atoms with E-state index < -0.39 is 22.4 Å². The smallest absolute Gasteiger partial charge is 0.287 e. The highest BCUT2D eigenvalue weighted by atomic mass is 32.1. The molecule has 0 radical (unpaired) electrons. The molecule has 4 nitrogen and oxygen atoms in total. The van der Waals surface area contributed by atoms with Gasteiger partial charge in [-0.25, -0.2) is 4.98 Å². The predicted octanol–water partition coefficient (Wildman–Crippen LogP) is 3.54. The molecule has 0 aromatic carbocycles. The van der Waals surface area contributed by atoms with Crippen molar-refractivity contribution in [3.05, 3.63) is 26.7 Å². The number of thiazole rings is 1. The van der Waals surface area contributed by atoms with Crippen LogP contribution in [0.2, 0.25) is 0 Å². The summed E-state index contributed by atoms with van der Waals surface area (Å²) in [6.07, 6.45) is -3.59. The van der Waals surface area contributed by atoms with E-state index in [9.17, 15) is 18.0 Å². The summed E-state index contributed by atoms with van der Waals surface area (Å²) < 4.78 is 41.2. The Kier molecular flexibility index (Phi) is 3.67. The minimum atomic E-state index is -4.54. The Bertz CT molecular complexity index is 640. The zero-order valence-electron chi connectivity index (χ0n) is 10.8. The van der Waals surface area contributed by atoms with Crippen LogP contribution in [0.3, 0.4) is 0 Å². The second kappa shape index (κ2) is 4.88. The summed E-state index contributed by atoms with van der Waals surface area (Å²) in [5.41, 5.74) is 0.0738. The van der Waals surface area contributed by atoms with Crippen LogP contribution in [0.5, 0.6) is 0 Å². The second-order valence-electron chi connectivity index (χ2n) is 5.06. The second-order valence-corrected chi connectivity index (χ2v) is 6.84. The summed E-state index contributed by atoms with van der Waals surface area (Å²) in [6.45, 7) is 5.57. The molecule has 2 aromatic rings. The van der Waals surface area contributed by atoms with E-state index in [4.69, 9.17) is 0 Å². The normalized spacial score (nSPS) is 12.7. The van der Waals surface area contributed by atoms with Gasteiger partial charge in [-0.05, 0) is 11.5 Å². The van der Waals surface area contributed by atoms with Gasteiger partial charge in [-0.2, -0.15) is 13.2 Å². The van der Waals surface area contributed by atoms with Crippen molar-refractivity contribution in [1.82, 2.24) is 14.6 Å². The van der Waals surface area contributed by atoms with Gasteiger partial charge in [0.2, 0.25) is 5.78 Å².